The van der Waals surface area contributed by atoms with E-state index in [1.54, 1.807) is 7.11 Å². The maximum Gasteiger partial charge on any atom is 0.128 e. The third kappa shape index (κ3) is 2.70. The van der Waals surface area contributed by atoms with Crippen molar-refractivity contribution in [1.82, 2.24) is 9.78 Å². The smallest absolute Gasteiger partial charge is 0.128 e. The van der Waals surface area contributed by atoms with Crippen LogP contribution in [0.4, 0.5) is 0 Å². The summed E-state index contributed by atoms with van der Waals surface area (Å²) in [6.45, 7) is 7.07. The van der Waals surface area contributed by atoms with E-state index in [1.165, 1.54) is 5.56 Å². The summed E-state index contributed by atoms with van der Waals surface area (Å²) in [6, 6.07) is 8.29. The lowest BCUT2D eigenvalue weighted by molar-refractivity contribution is 0.415. The molecule has 2 aromatic rings. The lowest BCUT2D eigenvalue weighted by atomic mass is 9.85. The van der Waals surface area contributed by atoms with Gasteiger partial charge in [0.2, 0.25) is 0 Å². The van der Waals surface area contributed by atoms with Crippen molar-refractivity contribution in [3.05, 3.63) is 35.5 Å². The first-order valence-electron chi connectivity index (χ1n) is 6.78. The van der Waals surface area contributed by atoms with Crippen molar-refractivity contribution in [3.8, 4) is 17.0 Å². The molecule has 0 amide bonds. The number of ether oxygens (including phenoxy) is 1. The Labute approximate surface area is 120 Å². The summed E-state index contributed by atoms with van der Waals surface area (Å²) in [6.07, 6.45) is 0. The number of benzene rings is 1. The Morgan fingerprint density at radius 1 is 1.25 bits per heavy atom. The van der Waals surface area contributed by atoms with Crippen LogP contribution >= 0.6 is 0 Å². The molecule has 0 aliphatic rings. The second-order valence-electron chi connectivity index (χ2n) is 6.01. The lowest BCUT2D eigenvalue weighted by Crippen LogP contribution is -2.11. The number of nitrogens with two attached hydrogens (primary N) is 1. The van der Waals surface area contributed by atoms with Crippen molar-refractivity contribution in [2.45, 2.75) is 32.7 Å². The highest BCUT2D eigenvalue weighted by atomic mass is 16.5. The summed E-state index contributed by atoms with van der Waals surface area (Å²) >= 11 is 0. The molecule has 108 valence electrons. The van der Waals surface area contributed by atoms with Crippen LogP contribution in [0.2, 0.25) is 0 Å². The van der Waals surface area contributed by atoms with Crippen molar-refractivity contribution < 1.29 is 4.74 Å². The highest BCUT2D eigenvalue weighted by Gasteiger charge is 2.18. The fraction of sp³-hybridized carbons (Fsp3) is 0.438. The third-order valence-corrected chi connectivity index (χ3v) is 3.53. The summed E-state index contributed by atoms with van der Waals surface area (Å²) in [5.41, 5.74) is 9.98. The first-order valence-corrected chi connectivity index (χ1v) is 6.78. The molecule has 2 N–H and O–H groups in total. The van der Waals surface area contributed by atoms with Crippen LogP contribution < -0.4 is 10.5 Å². The molecule has 1 aromatic heterocycles. The van der Waals surface area contributed by atoms with E-state index in [4.69, 9.17) is 10.5 Å². The quantitative estimate of drug-likeness (QED) is 0.935. The number of aromatic nitrogens is 2. The van der Waals surface area contributed by atoms with Crippen LogP contribution in [-0.4, -0.2) is 16.9 Å². The predicted octanol–water partition coefficient (Wildman–Crippen LogP) is 2.85. The van der Waals surface area contributed by atoms with E-state index >= 15 is 0 Å². The molecule has 0 aliphatic heterocycles. The van der Waals surface area contributed by atoms with E-state index < -0.39 is 0 Å². The van der Waals surface area contributed by atoms with Gasteiger partial charge in [0.25, 0.3) is 0 Å². The maximum absolute atomic E-state index is 5.72. The minimum atomic E-state index is 0.0898. The molecule has 0 atom stereocenters. The van der Waals surface area contributed by atoms with Crippen molar-refractivity contribution in [3.63, 3.8) is 0 Å². The van der Waals surface area contributed by atoms with Gasteiger partial charge in [0.15, 0.2) is 0 Å². The largest absolute Gasteiger partial charge is 0.496 e. The van der Waals surface area contributed by atoms with E-state index in [2.05, 4.69) is 38.0 Å². The SMILES string of the molecule is COc1ccc(C(C)(C)C)cc1-c1cc(CN)n(C)n1. The van der Waals surface area contributed by atoms with Crippen molar-refractivity contribution in [2.24, 2.45) is 12.8 Å². The van der Waals surface area contributed by atoms with Crippen LogP contribution in [0.3, 0.4) is 0 Å². The molecule has 0 spiro atoms. The van der Waals surface area contributed by atoms with E-state index in [-0.39, 0.29) is 5.41 Å². The Balaban J connectivity index is 2.58. The van der Waals surface area contributed by atoms with Crippen molar-refractivity contribution in [1.29, 1.82) is 0 Å². The summed E-state index contributed by atoms with van der Waals surface area (Å²) in [5.74, 6) is 0.833. The molecule has 0 saturated carbocycles. The average molecular weight is 273 g/mol. The van der Waals surface area contributed by atoms with E-state index in [0.717, 1.165) is 22.7 Å². The van der Waals surface area contributed by atoms with E-state index in [0.29, 0.717) is 6.54 Å². The fourth-order valence-corrected chi connectivity index (χ4v) is 2.20. The molecule has 20 heavy (non-hydrogen) atoms. The van der Waals surface area contributed by atoms with Crippen molar-refractivity contribution >= 4 is 0 Å². The van der Waals surface area contributed by atoms with Crippen LogP contribution in [-0.2, 0) is 19.0 Å². The normalized spacial score (nSPS) is 11.7. The lowest BCUT2D eigenvalue weighted by Gasteiger charge is -2.20. The highest BCUT2D eigenvalue weighted by molar-refractivity contribution is 5.68. The molecule has 4 nitrogen and oxygen atoms in total. The van der Waals surface area contributed by atoms with Gasteiger partial charge in [0, 0.05) is 19.2 Å². The topological polar surface area (TPSA) is 53.1 Å². The zero-order valence-corrected chi connectivity index (χ0v) is 12.9. The molecule has 1 heterocycles. The number of methoxy groups -OCH3 is 1. The van der Waals surface area contributed by atoms with Crippen LogP contribution in [0, 0.1) is 0 Å². The van der Waals surface area contributed by atoms with Gasteiger partial charge in [-0.3, -0.25) is 4.68 Å². The van der Waals surface area contributed by atoms with Crippen LogP contribution in [0.5, 0.6) is 5.75 Å². The van der Waals surface area contributed by atoms with E-state index in [9.17, 15) is 0 Å². The molecule has 4 heteroatoms. The molecule has 0 saturated heterocycles. The first-order chi connectivity index (χ1) is 9.36. The van der Waals surface area contributed by atoms with Gasteiger partial charge in [0.05, 0.1) is 18.5 Å². The third-order valence-electron chi connectivity index (χ3n) is 3.53. The molecular formula is C16H23N3O. The van der Waals surface area contributed by atoms with Gasteiger partial charge in [-0.25, -0.2) is 0 Å². The second kappa shape index (κ2) is 5.29. The number of rotatable bonds is 3. The summed E-state index contributed by atoms with van der Waals surface area (Å²) in [5, 5.41) is 4.54. The fourth-order valence-electron chi connectivity index (χ4n) is 2.20. The first kappa shape index (κ1) is 14.6. The van der Waals surface area contributed by atoms with Gasteiger partial charge >= 0.3 is 0 Å². The monoisotopic (exact) mass is 273 g/mol. The summed E-state index contributed by atoms with van der Waals surface area (Å²) in [7, 11) is 3.59. The molecule has 0 unspecified atom stereocenters. The van der Waals surface area contributed by atoms with Gasteiger partial charge in [-0.05, 0) is 29.2 Å². The molecular weight excluding hydrogens is 250 g/mol. The maximum atomic E-state index is 5.72. The second-order valence-corrected chi connectivity index (χ2v) is 6.01. The highest BCUT2D eigenvalue weighted by Crippen LogP contribution is 2.34. The minimum absolute atomic E-state index is 0.0898. The standard InChI is InChI=1S/C16H23N3O/c1-16(2,3)11-6-7-15(20-5)13(8-11)14-9-12(10-17)19(4)18-14/h6-9H,10,17H2,1-5H3. The Hall–Kier alpha value is -1.81. The Morgan fingerprint density at radius 3 is 2.45 bits per heavy atom. The van der Waals surface area contributed by atoms with Gasteiger partial charge in [-0.1, -0.05) is 26.8 Å². The Kier molecular flexibility index (Phi) is 3.86. The van der Waals surface area contributed by atoms with E-state index in [1.807, 2.05) is 23.9 Å². The minimum Gasteiger partial charge on any atom is -0.496 e. The van der Waals surface area contributed by atoms with Gasteiger partial charge < -0.3 is 10.5 Å². The predicted molar refractivity (Wildman–Crippen MR) is 81.8 cm³/mol. The zero-order valence-electron chi connectivity index (χ0n) is 12.9. The Morgan fingerprint density at radius 2 is 1.95 bits per heavy atom. The van der Waals surface area contributed by atoms with Gasteiger partial charge in [0.1, 0.15) is 5.75 Å². The molecule has 0 fully saturated rings. The number of hydrogen-bond donors (Lipinski definition) is 1. The number of nitrogens with zero attached hydrogens (tertiary/aromatic N) is 2. The van der Waals surface area contributed by atoms with Gasteiger partial charge in [-0.15, -0.1) is 0 Å². The van der Waals surface area contributed by atoms with Crippen molar-refractivity contribution in [2.75, 3.05) is 7.11 Å². The van der Waals surface area contributed by atoms with Gasteiger partial charge in [-0.2, -0.15) is 5.10 Å². The van der Waals surface area contributed by atoms with Crippen LogP contribution in [0.1, 0.15) is 32.0 Å². The number of hydrogen-bond acceptors (Lipinski definition) is 3. The average Bonchev–Trinajstić information content (AvgIpc) is 2.78. The molecule has 0 aliphatic carbocycles. The molecule has 1 aromatic carbocycles. The zero-order chi connectivity index (χ0) is 14.9. The van der Waals surface area contributed by atoms with Crippen LogP contribution in [0.15, 0.2) is 24.3 Å². The molecule has 2 rings (SSSR count). The number of aryl methyl sites for hydroxylation is 1. The molecule has 0 bridgehead atoms. The Bertz CT molecular complexity index is 609. The molecule has 0 radical (unpaired) electrons. The van der Waals surface area contributed by atoms with Crippen LogP contribution in [0.25, 0.3) is 11.3 Å². The summed E-state index contributed by atoms with van der Waals surface area (Å²) in [4.78, 5) is 0. The summed E-state index contributed by atoms with van der Waals surface area (Å²) < 4.78 is 7.29.